The van der Waals surface area contributed by atoms with Gasteiger partial charge in [0, 0.05) is 0 Å². The van der Waals surface area contributed by atoms with E-state index < -0.39 is 11.9 Å². The van der Waals surface area contributed by atoms with Gasteiger partial charge in [-0.3, -0.25) is 0 Å². The Balaban J connectivity index is 3.00. The van der Waals surface area contributed by atoms with Crippen LogP contribution in [0.2, 0.25) is 0 Å². The van der Waals surface area contributed by atoms with E-state index in [2.05, 4.69) is 13.8 Å². The molecule has 0 fully saturated rings. The zero-order valence-electron chi connectivity index (χ0n) is 14.5. The van der Waals surface area contributed by atoms with Gasteiger partial charge in [-0.05, 0) is 36.8 Å². The molecule has 0 bridgehead atoms. The van der Waals surface area contributed by atoms with Gasteiger partial charge in [0.25, 0.3) is 0 Å². The molecule has 1 N–H and O–H groups in total. The molecule has 23 heavy (non-hydrogen) atoms. The van der Waals surface area contributed by atoms with Gasteiger partial charge in [0.1, 0.15) is 6.10 Å². The predicted octanol–water partition coefficient (Wildman–Crippen LogP) is 4.78. The Morgan fingerprint density at radius 1 is 1.04 bits per heavy atom. The van der Waals surface area contributed by atoms with Crippen LogP contribution in [0.15, 0.2) is 24.3 Å². The van der Waals surface area contributed by atoms with Crippen LogP contribution in [0.4, 0.5) is 0 Å². The molecule has 0 saturated carbocycles. The van der Waals surface area contributed by atoms with Crippen LogP contribution in [-0.2, 0) is 4.74 Å². The van der Waals surface area contributed by atoms with Gasteiger partial charge in [-0.25, -0.2) is 9.59 Å². The van der Waals surface area contributed by atoms with Crippen molar-refractivity contribution in [1.82, 2.24) is 0 Å². The maximum Gasteiger partial charge on any atom is 0.339 e. The van der Waals surface area contributed by atoms with Crippen LogP contribution in [0.25, 0.3) is 0 Å². The van der Waals surface area contributed by atoms with Crippen LogP contribution in [0.5, 0.6) is 0 Å². The van der Waals surface area contributed by atoms with E-state index in [1.807, 2.05) is 13.8 Å². The van der Waals surface area contributed by atoms with Crippen molar-refractivity contribution >= 4 is 11.9 Å². The molecule has 0 radical (unpaired) electrons. The van der Waals surface area contributed by atoms with Crippen molar-refractivity contribution < 1.29 is 19.4 Å². The van der Waals surface area contributed by atoms with Gasteiger partial charge >= 0.3 is 11.9 Å². The lowest BCUT2D eigenvalue weighted by Gasteiger charge is -2.30. The van der Waals surface area contributed by atoms with E-state index in [1.54, 1.807) is 12.1 Å². The second-order valence-corrected chi connectivity index (χ2v) is 6.30. The molecule has 128 valence electrons. The van der Waals surface area contributed by atoms with E-state index in [0.29, 0.717) is 5.92 Å². The predicted molar refractivity (Wildman–Crippen MR) is 90.7 cm³/mol. The highest BCUT2D eigenvalue weighted by atomic mass is 16.5. The molecule has 0 spiro atoms. The lowest BCUT2D eigenvalue weighted by atomic mass is 9.86. The number of carboxylic acid groups (broad SMARTS) is 1. The van der Waals surface area contributed by atoms with Gasteiger partial charge in [-0.15, -0.1) is 0 Å². The van der Waals surface area contributed by atoms with E-state index >= 15 is 0 Å². The number of hydrogen-bond acceptors (Lipinski definition) is 3. The number of esters is 1. The van der Waals surface area contributed by atoms with Gasteiger partial charge in [0.15, 0.2) is 0 Å². The molecule has 4 nitrogen and oxygen atoms in total. The molecule has 1 aromatic rings. The van der Waals surface area contributed by atoms with Gasteiger partial charge < -0.3 is 9.84 Å². The summed E-state index contributed by atoms with van der Waals surface area (Å²) in [4.78, 5) is 23.8. The Labute approximate surface area is 138 Å². The Kier molecular flexibility index (Phi) is 7.79. The summed E-state index contributed by atoms with van der Waals surface area (Å²) >= 11 is 0. The van der Waals surface area contributed by atoms with Crippen molar-refractivity contribution in [3.05, 3.63) is 35.4 Å². The number of hydrogen-bond donors (Lipinski definition) is 1. The molecule has 1 atom stereocenters. The Hall–Kier alpha value is -1.84. The van der Waals surface area contributed by atoms with Crippen molar-refractivity contribution in [2.24, 2.45) is 11.8 Å². The zero-order valence-corrected chi connectivity index (χ0v) is 14.5. The standard InChI is InChI=1S/C19H28O4/c1-5-9-14(10-6-2)17(13(3)4)23-19(22)16-12-8-7-11-15(16)18(20)21/h7-8,11-14,17H,5-6,9-10H2,1-4H3,(H,20,21). The lowest BCUT2D eigenvalue weighted by molar-refractivity contribution is -0.00637. The lowest BCUT2D eigenvalue weighted by Crippen LogP contribution is -2.32. The third kappa shape index (κ3) is 5.38. The van der Waals surface area contributed by atoms with Crippen LogP contribution in [0.3, 0.4) is 0 Å². The molecule has 0 heterocycles. The number of benzene rings is 1. The number of carbonyl (C=O) groups is 2. The largest absolute Gasteiger partial charge is 0.478 e. The summed E-state index contributed by atoms with van der Waals surface area (Å²) in [5.41, 5.74) is 0.111. The molecule has 0 amide bonds. The number of carboxylic acids is 1. The highest BCUT2D eigenvalue weighted by Gasteiger charge is 2.28. The van der Waals surface area contributed by atoms with Crippen LogP contribution < -0.4 is 0 Å². The van der Waals surface area contributed by atoms with E-state index in [9.17, 15) is 14.7 Å². The zero-order chi connectivity index (χ0) is 17.4. The number of ether oxygens (including phenoxy) is 1. The topological polar surface area (TPSA) is 63.6 Å². The van der Waals surface area contributed by atoms with Crippen LogP contribution in [0, 0.1) is 11.8 Å². The first-order valence-electron chi connectivity index (χ1n) is 8.45. The maximum atomic E-state index is 12.5. The minimum atomic E-state index is -1.11. The quantitative estimate of drug-likeness (QED) is 0.665. The van der Waals surface area contributed by atoms with Crippen molar-refractivity contribution in [2.45, 2.75) is 59.5 Å². The molecule has 0 aliphatic carbocycles. The maximum absolute atomic E-state index is 12.5. The molecular formula is C19H28O4. The summed E-state index contributed by atoms with van der Waals surface area (Å²) in [7, 11) is 0. The SMILES string of the molecule is CCCC(CCC)C(OC(=O)c1ccccc1C(=O)O)C(C)C. The van der Waals surface area contributed by atoms with Gasteiger partial charge in [-0.2, -0.15) is 0 Å². The second-order valence-electron chi connectivity index (χ2n) is 6.30. The smallest absolute Gasteiger partial charge is 0.339 e. The highest BCUT2D eigenvalue weighted by Crippen LogP contribution is 2.27. The van der Waals surface area contributed by atoms with Crippen LogP contribution >= 0.6 is 0 Å². The van der Waals surface area contributed by atoms with Crippen molar-refractivity contribution in [3.8, 4) is 0 Å². The first kappa shape index (κ1) is 19.2. The first-order chi connectivity index (χ1) is 10.9. The molecule has 0 aliphatic rings. The highest BCUT2D eigenvalue weighted by molar-refractivity contribution is 6.02. The van der Waals surface area contributed by atoms with E-state index in [1.165, 1.54) is 12.1 Å². The number of carbonyl (C=O) groups excluding carboxylic acids is 1. The molecule has 0 aromatic heterocycles. The fraction of sp³-hybridized carbons (Fsp3) is 0.579. The molecule has 1 aromatic carbocycles. The van der Waals surface area contributed by atoms with E-state index in [0.717, 1.165) is 25.7 Å². The molecule has 4 heteroatoms. The fourth-order valence-corrected chi connectivity index (χ4v) is 3.03. The van der Waals surface area contributed by atoms with Gasteiger partial charge in [0.2, 0.25) is 0 Å². The summed E-state index contributed by atoms with van der Waals surface area (Å²) in [6, 6.07) is 6.21. The van der Waals surface area contributed by atoms with E-state index in [-0.39, 0.29) is 23.1 Å². The average Bonchev–Trinajstić information content (AvgIpc) is 2.52. The molecule has 1 unspecified atom stereocenters. The molecule has 0 aliphatic heterocycles. The normalized spacial score (nSPS) is 12.4. The van der Waals surface area contributed by atoms with E-state index in [4.69, 9.17) is 4.74 Å². The number of aromatic carboxylic acids is 1. The minimum absolute atomic E-state index is 0.0115. The Bertz CT molecular complexity index is 516. The van der Waals surface area contributed by atoms with Crippen molar-refractivity contribution in [2.75, 3.05) is 0 Å². The van der Waals surface area contributed by atoms with Crippen molar-refractivity contribution in [3.63, 3.8) is 0 Å². The van der Waals surface area contributed by atoms with Crippen molar-refractivity contribution in [1.29, 1.82) is 0 Å². The average molecular weight is 320 g/mol. The summed E-state index contributed by atoms with van der Waals surface area (Å²) in [5.74, 6) is -1.15. The summed E-state index contributed by atoms with van der Waals surface area (Å²) in [6.45, 7) is 8.34. The summed E-state index contributed by atoms with van der Waals surface area (Å²) in [6.07, 6.45) is 3.90. The minimum Gasteiger partial charge on any atom is -0.478 e. The molecular weight excluding hydrogens is 292 g/mol. The third-order valence-electron chi connectivity index (χ3n) is 4.06. The summed E-state index contributed by atoms with van der Waals surface area (Å²) in [5, 5.41) is 9.23. The fourth-order valence-electron chi connectivity index (χ4n) is 3.03. The summed E-state index contributed by atoms with van der Waals surface area (Å²) < 4.78 is 5.75. The second kappa shape index (κ2) is 9.33. The van der Waals surface area contributed by atoms with Crippen LogP contribution in [0.1, 0.15) is 74.1 Å². The van der Waals surface area contributed by atoms with Crippen LogP contribution in [-0.4, -0.2) is 23.1 Å². The Morgan fingerprint density at radius 3 is 2.00 bits per heavy atom. The third-order valence-corrected chi connectivity index (χ3v) is 4.06. The molecule has 0 saturated heterocycles. The van der Waals surface area contributed by atoms with Gasteiger partial charge in [0.05, 0.1) is 11.1 Å². The monoisotopic (exact) mass is 320 g/mol. The Morgan fingerprint density at radius 2 is 1.57 bits per heavy atom. The number of rotatable bonds is 9. The van der Waals surface area contributed by atoms with Gasteiger partial charge in [-0.1, -0.05) is 52.7 Å². The first-order valence-corrected chi connectivity index (χ1v) is 8.45. The molecule has 1 rings (SSSR count).